The van der Waals surface area contributed by atoms with E-state index in [2.05, 4.69) is 13.0 Å². The van der Waals surface area contributed by atoms with Crippen LogP contribution in [-0.4, -0.2) is 25.5 Å². The Morgan fingerprint density at radius 3 is 2.87 bits per heavy atom. The minimum atomic E-state index is 0.581. The van der Waals surface area contributed by atoms with E-state index in [0.29, 0.717) is 13.2 Å². The molecular formula is C11H18N2OS. The average Bonchev–Trinajstić information content (AvgIpc) is 2.23. The van der Waals surface area contributed by atoms with Crippen LogP contribution in [0.5, 0.6) is 0 Å². The molecule has 0 aliphatic heterocycles. The molecule has 0 unspecified atom stereocenters. The predicted octanol–water partition coefficient (Wildman–Crippen LogP) is 1.64. The summed E-state index contributed by atoms with van der Waals surface area (Å²) in [6.07, 6.45) is 0. The van der Waals surface area contributed by atoms with Gasteiger partial charge in [-0.25, -0.2) is 0 Å². The van der Waals surface area contributed by atoms with E-state index >= 15 is 0 Å². The van der Waals surface area contributed by atoms with Crippen molar-refractivity contribution in [3.8, 4) is 0 Å². The predicted molar refractivity (Wildman–Crippen MR) is 66.2 cm³/mol. The van der Waals surface area contributed by atoms with Crippen LogP contribution in [0.2, 0.25) is 0 Å². The van der Waals surface area contributed by atoms with E-state index in [1.54, 1.807) is 11.8 Å². The maximum atomic E-state index is 5.85. The zero-order valence-corrected chi connectivity index (χ0v) is 9.85. The number of thioether (sulfide) groups is 1. The van der Waals surface area contributed by atoms with Crippen LogP contribution in [0.4, 0.5) is 5.69 Å². The molecule has 3 nitrogen and oxygen atoms in total. The van der Waals surface area contributed by atoms with Gasteiger partial charge in [0, 0.05) is 22.9 Å². The molecule has 0 saturated carbocycles. The Bertz CT molecular complexity index is 305. The molecule has 0 bridgehead atoms. The fourth-order valence-electron chi connectivity index (χ4n) is 1.16. The van der Waals surface area contributed by atoms with Gasteiger partial charge in [-0.05, 0) is 24.6 Å². The summed E-state index contributed by atoms with van der Waals surface area (Å²) < 4.78 is 5.29. The molecule has 0 atom stereocenters. The monoisotopic (exact) mass is 226 g/mol. The number of rotatable bonds is 6. The van der Waals surface area contributed by atoms with Crippen LogP contribution in [0, 0.1) is 6.92 Å². The number of ether oxygens (including phenoxy) is 1. The number of nitrogen functional groups attached to an aromatic ring is 1. The third-order valence-electron chi connectivity index (χ3n) is 1.92. The molecule has 15 heavy (non-hydrogen) atoms. The Kier molecular flexibility index (Phi) is 5.53. The van der Waals surface area contributed by atoms with Gasteiger partial charge < -0.3 is 16.2 Å². The van der Waals surface area contributed by atoms with E-state index in [4.69, 9.17) is 16.2 Å². The first-order valence-electron chi connectivity index (χ1n) is 5.01. The Morgan fingerprint density at radius 1 is 1.33 bits per heavy atom. The molecule has 0 aliphatic carbocycles. The van der Waals surface area contributed by atoms with Crippen LogP contribution < -0.4 is 11.5 Å². The Balaban J connectivity index is 2.33. The van der Waals surface area contributed by atoms with Gasteiger partial charge in [0.2, 0.25) is 0 Å². The van der Waals surface area contributed by atoms with Crippen LogP contribution in [0.25, 0.3) is 0 Å². The molecule has 84 valence electrons. The zero-order valence-electron chi connectivity index (χ0n) is 9.03. The van der Waals surface area contributed by atoms with Gasteiger partial charge in [-0.15, -0.1) is 11.8 Å². The van der Waals surface area contributed by atoms with Crippen molar-refractivity contribution in [3.63, 3.8) is 0 Å². The summed E-state index contributed by atoms with van der Waals surface area (Å²) in [5.74, 6) is 0.910. The molecule has 0 saturated heterocycles. The van der Waals surface area contributed by atoms with Crippen molar-refractivity contribution in [2.45, 2.75) is 11.8 Å². The van der Waals surface area contributed by atoms with Crippen molar-refractivity contribution < 1.29 is 4.74 Å². The Labute approximate surface area is 95.2 Å². The molecule has 1 aromatic rings. The SMILES string of the molecule is Cc1ccc(N)c(SCCOCCN)c1. The third-order valence-corrected chi connectivity index (χ3v) is 2.95. The van der Waals surface area contributed by atoms with E-state index < -0.39 is 0 Å². The standard InChI is InChI=1S/C11H18N2OS/c1-9-2-3-10(13)11(8-9)15-7-6-14-5-4-12/h2-3,8H,4-7,12-13H2,1H3. The molecule has 0 heterocycles. The lowest BCUT2D eigenvalue weighted by atomic mass is 10.2. The number of hydrogen-bond donors (Lipinski definition) is 2. The first-order chi connectivity index (χ1) is 7.24. The van der Waals surface area contributed by atoms with Crippen LogP contribution in [0.15, 0.2) is 23.1 Å². The van der Waals surface area contributed by atoms with Crippen molar-refractivity contribution in [1.29, 1.82) is 0 Å². The average molecular weight is 226 g/mol. The lowest BCUT2D eigenvalue weighted by molar-refractivity contribution is 0.158. The molecule has 0 amide bonds. The molecule has 0 fully saturated rings. The smallest absolute Gasteiger partial charge is 0.0589 e. The normalized spacial score (nSPS) is 10.5. The highest BCUT2D eigenvalue weighted by atomic mass is 32.2. The molecular weight excluding hydrogens is 208 g/mol. The van der Waals surface area contributed by atoms with E-state index in [1.165, 1.54) is 5.56 Å². The number of nitrogens with two attached hydrogens (primary N) is 2. The highest BCUT2D eigenvalue weighted by Gasteiger charge is 1.99. The van der Waals surface area contributed by atoms with Gasteiger partial charge in [0.05, 0.1) is 13.2 Å². The van der Waals surface area contributed by atoms with Gasteiger partial charge >= 0.3 is 0 Å². The summed E-state index contributed by atoms with van der Waals surface area (Å²) in [5.41, 5.74) is 13.2. The van der Waals surface area contributed by atoms with Crippen molar-refractivity contribution in [1.82, 2.24) is 0 Å². The number of hydrogen-bond acceptors (Lipinski definition) is 4. The van der Waals surface area contributed by atoms with Crippen molar-refractivity contribution in [3.05, 3.63) is 23.8 Å². The Hall–Kier alpha value is -0.710. The van der Waals surface area contributed by atoms with Crippen LogP contribution in [0.3, 0.4) is 0 Å². The minimum Gasteiger partial charge on any atom is -0.398 e. The van der Waals surface area contributed by atoms with Gasteiger partial charge in [0.1, 0.15) is 0 Å². The maximum absolute atomic E-state index is 5.85. The first kappa shape index (κ1) is 12.4. The van der Waals surface area contributed by atoms with Crippen LogP contribution >= 0.6 is 11.8 Å². The fourth-order valence-corrected chi connectivity index (χ4v) is 2.09. The second-order valence-electron chi connectivity index (χ2n) is 3.29. The number of anilines is 1. The second-order valence-corrected chi connectivity index (χ2v) is 4.43. The van der Waals surface area contributed by atoms with Gasteiger partial charge in [-0.2, -0.15) is 0 Å². The van der Waals surface area contributed by atoms with E-state index in [1.807, 2.05) is 12.1 Å². The fraction of sp³-hybridized carbons (Fsp3) is 0.455. The Morgan fingerprint density at radius 2 is 2.13 bits per heavy atom. The molecule has 0 spiro atoms. The highest BCUT2D eigenvalue weighted by Crippen LogP contribution is 2.25. The number of benzene rings is 1. The molecule has 1 rings (SSSR count). The van der Waals surface area contributed by atoms with E-state index in [9.17, 15) is 0 Å². The molecule has 0 radical (unpaired) electrons. The van der Waals surface area contributed by atoms with Crippen molar-refractivity contribution in [2.75, 3.05) is 31.2 Å². The molecule has 0 aromatic heterocycles. The summed E-state index contributed by atoms with van der Waals surface area (Å²) >= 11 is 1.72. The van der Waals surface area contributed by atoms with Gasteiger partial charge in [0.15, 0.2) is 0 Å². The lowest BCUT2D eigenvalue weighted by Gasteiger charge is -2.06. The minimum absolute atomic E-state index is 0.581. The summed E-state index contributed by atoms with van der Waals surface area (Å²) in [6, 6.07) is 6.06. The highest BCUT2D eigenvalue weighted by molar-refractivity contribution is 7.99. The van der Waals surface area contributed by atoms with Gasteiger partial charge in [-0.1, -0.05) is 6.07 Å². The first-order valence-corrected chi connectivity index (χ1v) is 5.99. The molecule has 4 N–H and O–H groups in total. The van der Waals surface area contributed by atoms with E-state index in [-0.39, 0.29) is 0 Å². The molecule has 4 heteroatoms. The van der Waals surface area contributed by atoms with Gasteiger partial charge in [0.25, 0.3) is 0 Å². The number of aryl methyl sites for hydroxylation is 1. The summed E-state index contributed by atoms with van der Waals surface area (Å²) in [4.78, 5) is 1.13. The second kappa shape index (κ2) is 6.71. The van der Waals surface area contributed by atoms with E-state index in [0.717, 1.165) is 22.9 Å². The van der Waals surface area contributed by atoms with Crippen molar-refractivity contribution in [2.24, 2.45) is 5.73 Å². The van der Waals surface area contributed by atoms with Gasteiger partial charge in [-0.3, -0.25) is 0 Å². The van der Waals surface area contributed by atoms with Crippen molar-refractivity contribution >= 4 is 17.4 Å². The largest absolute Gasteiger partial charge is 0.398 e. The summed E-state index contributed by atoms with van der Waals surface area (Å²) in [6.45, 7) is 3.99. The molecule has 0 aliphatic rings. The van der Waals surface area contributed by atoms with Crippen LogP contribution in [-0.2, 0) is 4.74 Å². The maximum Gasteiger partial charge on any atom is 0.0589 e. The zero-order chi connectivity index (χ0) is 11.1. The third kappa shape index (κ3) is 4.55. The topological polar surface area (TPSA) is 61.3 Å². The van der Waals surface area contributed by atoms with Crippen LogP contribution in [0.1, 0.15) is 5.56 Å². The quantitative estimate of drug-likeness (QED) is 0.440. The summed E-state index contributed by atoms with van der Waals surface area (Å²) in [5, 5.41) is 0. The lowest BCUT2D eigenvalue weighted by Crippen LogP contribution is -2.09. The molecule has 1 aromatic carbocycles. The summed E-state index contributed by atoms with van der Waals surface area (Å²) in [7, 11) is 0.